The highest BCUT2D eigenvalue weighted by atomic mass is 30.0. The summed E-state index contributed by atoms with van der Waals surface area (Å²) in [6, 6.07) is 0. The number of hydrogen-bond donors (Lipinski definition) is 0. The maximum atomic E-state index is 2.85. The van der Waals surface area contributed by atoms with Crippen LogP contribution < -0.4 is 0 Å². The van der Waals surface area contributed by atoms with Gasteiger partial charge in [0.15, 0.2) is 0 Å². The van der Waals surface area contributed by atoms with Crippen LogP contribution in [0, 0.1) is 0 Å². The molecule has 0 spiro atoms. The fourth-order valence-electron chi connectivity index (χ4n) is 4.21. The summed E-state index contributed by atoms with van der Waals surface area (Å²) in [6.07, 6.45) is 0. The van der Waals surface area contributed by atoms with E-state index >= 15 is 0 Å². The molecule has 0 bridgehead atoms. The lowest BCUT2D eigenvalue weighted by Crippen LogP contribution is -2.74. The minimum Gasteiger partial charge on any atom is -0.0692 e. The van der Waals surface area contributed by atoms with Crippen molar-refractivity contribution in [3.8, 4) is 0 Å². The Labute approximate surface area is 186 Å². The average molecular weight is 489 g/mol. The third-order valence-electron chi connectivity index (χ3n) is 9.43. The molecule has 0 aromatic heterocycles. The van der Waals surface area contributed by atoms with Crippen molar-refractivity contribution in [2.75, 3.05) is 0 Å². The van der Waals surface area contributed by atoms with E-state index in [2.05, 4.69) is 122 Å². The third-order valence-corrected chi connectivity index (χ3v) is 117. The van der Waals surface area contributed by atoms with E-state index in [0.29, 0.717) is 10.1 Å². The van der Waals surface area contributed by atoms with E-state index in [1.165, 1.54) is 0 Å². The van der Waals surface area contributed by atoms with Gasteiger partial charge < -0.3 is 0 Å². The molecule has 0 aliphatic heterocycles. The first-order valence-electron chi connectivity index (χ1n) is 11.6. The first-order chi connectivity index (χ1) is 11.9. The van der Waals surface area contributed by atoms with Gasteiger partial charge in [-0.3, -0.25) is 0 Å². The van der Waals surface area contributed by atoms with E-state index in [1.807, 2.05) is 0 Å². The van der Waals surface area contributed by atoms with E-state index in [9.17, 15) is 0 Å². The molecule has 0 unspecified atom stereocenters. The first kappa shape index (κ1) is 29.3. The highest BCUT2D eigenvalue weighted by molar-refractivity contribution is 7.83. The molecule has 168 valence electrons. The maximum Gasteiger partial charge on any atom is 0.0554 e. The third kappa shape index (κ3) is 5.37. The Kier molecular flexibility index (Phi) is 9.08. The van der Waals surface area contributed by atoms with E-state index in [-0.39, 0.29) is 13.9 Å². The molecule has 0 aromatic carbocycles. The smallest absolute Gasteiger partial charge is 0.0554 e. The van der Waals surface area contributed by atoms with Gasteiger partial charge in [-0.25, -0.2) is 0 Å². The predicted octanol–water partition coefficient (Wildman–Crippen LogP) is 8.62. The van der Waals surface area contributed by atoms with Crippen LogP contribution in [0.4, 0.5) is 0 Å². The van der Waals surface area contributed by atoms with Crippen LogP contribution in [-0.2, 0) is 0 Å². The quantitative estimate of drug-likeness (QED) is 0.328. The van der Waals surface area contributed by atoms with Gasteiger partial charge in [-0.1, -0.05) is 133 Å². The molecule has 0 aliphatic rings. The van der Waals surface area contributed by atoms with Crippen molar-refractivity contribution in [1.29, 1.82) is 0 Å². The van der Waals surface area contributed by atoms with Gasteiger partial charge in [0.25, 0.3) is 0 Å². The van der Waals surface area contributed by atoms with Crippen LogP contribution in [0.1, 0.15) is 69.2 Å². The molecule has 6 heteroatoms. The Bertz CT molecular complexity index is 531. The Morgan fingerprint density at radius 2 is 0.679 bits per heavy atom. The minimum atomic E-state index is -1.38. The maximum absolute atomic E-state index is 2.85. The predicted molar refractivity (Wildman–Crippen MR) is 151 cm³/mol. The Morgan fingerprint density at radius 3 is 0.821 bits per heavy atom. The Hall–Kier alpha value is 1.30. The Balaban J connectivity index is 7.86. The van der Waals surface area contributed by atoms with Crippen LogP contribution in [-0.4, -0.2) is 44.2 Å². The second-order valence-corrected chi connectivity index (χ2v) is 67.7. The SMILES string of the molecule is CC(C)[Si](C)(C)[Si](=[Si]([Si](C)(C)C(C)(C)C)[Si](C)(C)C(C)(C)C)[Si](C)(C)C(C)C. The van der Waals surface area contributed by atoms with Crippen molar-refractivity contribution in [3.63, 3.8) is 0 Å². The second-order valence-electron chi connectivity index (χ2n) is 14.3. The zero-order valence-electron chi connectivity index (χ0n) is 23.2. The van der Waals surface area contributed by atoms with Crippen LogP contribution in [0.2, 0.25) is 73.5 Å². The van der Waals surface area contributed by atoms with Crippen molar-refractivity contribution in [3.05, 3.63) is 0 Å². The lowest BCUT2D eigenvalue weighted by Gasteiger charge is -2.55. The second kappa shape index (κ2) is 8.68. The Morgan fingerprint density at radius 1 is 0.464 bits per heavy atom. The summed E-state index contributed by atoms with van der Waals surface area (Å²) in [4.78, 5) is 0. The fourth-order valence-corrected chi connectivity index (χ4v) is 182. The highest BCUT2D eigenvalue weighted by Gasteiger charge is 2.55. The molecule has 0 atom stereocenters. The summed E-state index contributed by atoms with van der Waals surface area (Å²) < 4.78 is 0. The number of rotatable bonds is 6. The number of hydrogen-bond acceptors (Lipinski definition) is 0. The molecule has 28 heavy (non-hydrogen) atoms. The van der Waals surface area contributed by atoms with Gasteiger partial charge in [0.05, 0.1) is 30.4 Å². The summed E-state index contributed by atoms with van der Waals surface area (Å²) in [5.41, 5.74) is 1.86. The van der Waals surface area contributed by atoms with Gasteiger partial charge in [0, 0.05) is 0 Å². The molecule has 0 aromatic rings. The van der Waals surface area contributed by atoms with Crippen LogP contribution in [0.3, 0.4) is 0 Å². The molecular weight excluding hydrogens is 433 g/mol. The van der Waals surface area contributed by atoms with E-state index in [1.54, 1.807) is 0 Å². The van der Waals surface area contributed by atoms with Gasteiger partial charge >= 0.3 is 0 Å². The fraction of sp³-hybridized carbons (Fsp3) is 1.00. The van der Waals surface area contributed by atoms with Gasteiger partial charge in [0.2, 0.25) is 0 Å². The largest absolute Gasteiger partial charge is 0.0692 e. The minimum absolute atomic E-state index is 0.310. The van der Waals surface area contributed by atoms with E-state index in [0.717, 1.165) is 11.1 Å². The summed E-state index contributed by atoms with van der Waals surface area (Å²) in [5, 5.41) is 1.05. The van der Waals surface area contributed by atoms with Crippen molar-refractivity contribution in [1.82, 2.24) is 0 Å². The molecule has 0 radical (unpaired) electrons. The van der Waals surface area contributed by atoms with Gasteiger partial charge in [-0.2, -0.15) is 0 Å². The topological polar surface area (TPSA) is 0 Å². The normalized spacial score (nSPS) is 15.4. The van der Waals surface area contributed by atoms with Crippen LogP contribution in [0.15, 0.2) is 0 Å². The lowest BCUT2D eigenvalue weighted by molar-refractivity contribution is 0.728. The summed E-state index contributed by atoms with van der Waals surface area (Å²) in [7, 11) is -5.29. The van der Waals surface area contributed by atoms with E-state index in [4.69, 9.17) is 0 Å². The molecule has 0 rings (SSSR count). The van der Waals surface area contributed by atoms with Crippen LogP contribution >= 0.6 is 0 Å². The van der Waals surface area contributed by atoms with Crippen LogP contribution in [0.5, 0.6) is 0 Å². The monoisotopic (exact) mass is 488 g/mol. The lowest BCUT2D eigenvalue weighted by atomic mass is 10.2. The first-order valence-corrected chi connectivity index (χ1v) is 31.8. The molecule has 0 heterocycles. The van der Waals surface area contributed by atoms with E-state index < -0.39 is 30.4 Å². The molecule has 0 nitrogen and oxygen atoms in total. The molecule has 0 saturated carbocycles. The van der Waals surface area contributed by atoms with Crippen molar-refractivity contribution >= 4 is 44.2 Å². The van der Waals surface area contributed by atoms with Gasteiger partial charge in [-0.15, -0.1) is 0 Å². The zero-order chi connectivity index (χ0) is 23.3. The van der Waals surface area contributed by atoms with Gasteiger partial charge in [0.1, 0.15) is 0 Å². The van der Waals surface area contributed by atoms with Crippen LogP contribution in [0.25, 0.3) is 0 Å². The van der Waals surface area contributed by atoms with Crippen molar-refractivity contribution < 1.29 is 0 Å². The van der Waals surface area contributed by atoms with Crippen molar-refractivity contribution in [2.24, 2.45) is 0 Å². The van der Waals surface area contributed by atoms with Crippen molar-refractivity contribution in [2.45, 2.75) is 143 Å². The highest BCUT2D eigenvalue weighted by Crippen LogP contribution is 2.46. The molecule has 0 amide bonds. The molecule has 0 N–H and O–H groups in total. The zero-order valence-corrected chi connectivity index (χ0v) is 29.2. The summed E-state index contributed by atoms with van der Waals surface area (Å²) >= 11 is 0. The summed E-state index contributed by atoms with van der Waals surface area (Å²) in [6.45, 7) is 48.2. The van der Waals surface area contributed by atoms with Gasteiger partial charge in [-0.05, 0) is 23.9 Å². The summed E-state index contributed by atoms with van der Waals surface area (Å²) in [5.74, 6) is 0. The molecule has 0 fully saturated rings. The average Bonchev–Trinajstić information content (AvgIpc) is 2.40. The standard InChI is InChI=1S/C22H56Si6/c1-19(2)25(11,12)23(26(13,14)20(3)4)24(27(15,16)21(5,6)7)28(17,18)22(8,9)10/h19-20H,1-18H3. The molecule has 0 saturated heterocycles. The molecular formula is C22H56Si6. The molecule has 0 aliphatic carbocycles.